The van der Waals surface area contributed by atoms with Crippen LogP contribution in [0, 0.1) is 5.92 Å². The van der Waals surface area contributed by atoms with E-state index in [-0.39, 0.29) is 43.2 Å². The van der Waals surface area contributed by atoms with Crippen molar-refractivity contribution in [1.82, 2.24) is 10.6 Å². The second-order valence-corrected chi connectivity index (χ2v) is 8.75. The van der Waals surface area contributed by atoms with Gasteiger partial charge in [-0.05, 0) is 35.1 Å². The van der Waals surface area contributed by atoms with E-state index in [1.54, 1.807) is 0 Å². The van der Waals surface area contributed by atoms with Crippen molar-refractivity contribution < 1.29 is 29.0 Å². The lowest BCUT2D eigenvalue weighted by atomic mass is 9.92. The minimum atomic E-state index is -0.887. The quantitative estimate of drug-likeness (QED) is 0.489. The lowest BCUT2D eigenvalue weighted by Crippen LogP contribution is -2.47. The van der Waals surface area contributed by atoms with Gasteiger partial charge in [-0.25, -0.2) is 4.79 Å². The Morgan fingerprint density at radius 3 is 2.38 bits per heavy atom. The van der Waals surface area contributed by atoms with E-state index in [1.165, 1.54) is 11.1 Å². The normalized spacial score (nSPS) is 19.1. The van der Waals surface area contributed by atoms with E-state index in [0.29, 0.717) is 32.6 Å². The molecule has 34 heavy (non-hydrogen) atoms. The lowest BCUT2D eigenvalue weighted by molar-refractivity contribution is -0.137. The number of carboxylic acids is 1. The number of rotatable bonds is 9. The van der Waals surface area contributed by atoms with E-state index in [2.05, 4.69) is 34.9 Å². The van der Waals surface area contributed by atoms with E-state index in [0.717, 1.165) is 11.1 Å². The van der Waals surface area contributed by atoms with Gasteiger partial charge < -0.3 is 25.2 Å². The molecule has 0 saturated carbocycles. The van der Waals surface area contributed by atoms with Crippen LogP contribution in [0.3, 0.4) is 0 Å². The zero-order valence-corrected chi connectivity index (χ0v) is 19.0. The van der Waals surface area contributed by atoms with Gasteiger partial charge in [0.25, 0.3) is 0 Å². The molecule has 0 radical (unpaired) electrons. The predicted molar refractivity (Wildman–Crippen MR) is 125 cm³/mol. The maximum absolute atomic E-state index is 12.7. The van der Waals surface area contributed by atoms with E-state index >= 15 is 0 Å². The first kappa shape index (κ1) is 23.8. The van der Waals surface area contributed by atoms with Crippen molar-refractivity contribution in [2.75, 3.05) is 26.4 Å². The molecule has 0 bridgehead atoms. The van der Waals surface area contributed by atoms with E-state index in [1.807, 2.05) is 24.3 Å². The molecular weight excluding hydrogens is 436 g/mol. The Morgan fingerprint density at radius 2 is 1.71 bits per heavy atom. The molecule has 180 valence electrons. The molecule has 2 unspecified atom stereocenters. The summed E-state index contributed by atoms with van der Waals surface area (Å²) in [6.07, 6.45) is 0.686. The third kappa shape index (κ3) is 5.75. The first-order valence-corrected chi connectivity index (χ1v) is 11.7. The van der Waals surface area contributed by atoms with Crippen molar-refractivity contribution in [2.24, 2.45) is 5.92 Å². The molecule has 1 heterocycles. The molecular formula is C26H30N2O6. The number of hydrogen-bond donors (Lipinski definition) is 3. The second kappa shape index (κ2) is 11.2. The summed E-state index contributed by atoms with van der Waals surface area (Å²) >= 11 is 0. The molecule has 2 aliphatic rings. The number of benzene rings is 2. The summed E-state index contributed by atoms with van der Waals surface area (Å²) < 4.78 is 11.2. The first-order valence-electron chi connectivity index (χ1n) is 11.7. The Kier molecular flexibility index (Phi) is 7.80. The van der Waals surface area contributed by atoms with Crippen LogP contribution in [0.2, 0.25) is 0 Å². The minimum Gasteiger partial charge on any atom is -0.481 e. The number of carbonyl (C=O) groups is 3. The van der Waals surface area contributed by atoms with Crippen LogP contribution in [0.4, 0.5) is 4.79 Å². The number of hydrogen-bond acceptors (Lipinski definition) is 5. The van der Waals surface area contributed by atoms with Crippen LogP contribution in [-0.4, -0.2) is 55.5 Å². The number of alkyl carbamates (subject to hydrolysis) is 1. The Balaban J connectivity index is 1.30. The van der Waals surface area contributed by atoms with Crippen molar-refractivity contribution in [1.29, 1.82) is 0 Å². The number of amides is 2. The third-order valence-electron chi connectivity index (χ3n) is 6.46. The van der Waals surface area contributed by atoms with Gasteiger partial charge in [-0.15, -0.1) is 0 Å². The zero-order chi connectivity index (χ0) is 23.9. The molecule has 4 rings (SSSR count). The van der Waals surface area contributed by atoms with Gasteiger partial charge in [0.05, 0.1) is 6.61 Å². The second-order valence-electron chi connectivity index (χ2n) is 8.75. The topological polar surface area (TPSA) is 114 Å². The number of nitrogens with one attached hydrogen (secondary N) is 2. The molecule has 2 amide bonds. The Labute approximate surface area is 198 Å². The highest BCUT2D eigenvalue weighted by Gasteiger charge is 2.31. The van der Waals surface area contributed by atoms with Crippen molar-refractivity contribution in [3.63, 3.8) is 0 Å². The van der Waals surface area contributed by atoms with Gasteiger partial charge in [-0.3, -0.25) is 9.59 Å². The standard InChI is InChI=1S/C26H30N2O6/c29-24(27-12-5-10-25(30)31)14-17-15-33-13-11-23(17)28-26(32)34-16-22-20-8-3-1-6-18(20)19-7-2-4-9-21(19)22/h1-4,6-9,17,22-23H,5,10-16H2,(H,27,29)(H,28,32)(H,30,31). The average molecular weight is 467 g/mol. The molecule has 0 aromatic heterocycles. The fraction of sp³-hybridized carbons (Fsp3) is 0.423. The first-order chi connectivity index (χ1) is 16.5. The van der Waals surface area contributed by atoms with Crippen LogP contribution in [0.5, 0.6) is 0 Å². The molecule has 1 aliphatic carbocycles. The summed E-state index contributed by atoms with van der Waals surface area (Å²) in [7, 11) is 0. The van der Waals surface area contributed by atoms with Crippen molar-refractivity contribution >= 4 is 18.0 Å². The average Bonchev–Trinajstić information content (AvgIpc) is 3.15. The van der Waals surface area contributed by atoms with Gasteiger partial charge in [0.15, 0.2) is 0 Å². The molecule has 2 aromatic rings. The van der Waals surface area contributed by atoms with Crippen LogP contribution >= 0.6 is 0 Å². The van der Waals surface area contributed by atoms with Gasteiger partial charge in [0.1, 0.15) is 6.61 Å². The lowest BCUT2D eigenvalue weighted by Gasteiger charge is -2.31. The van der Waals surface area contributed by atoms with Crippen LogP contribution < -0.4 is 10.6 Å². The number of carboxylic acid groups (broad SMARTS) is 1. The highest BCUT2D eigenvalue weighted by Crippen LogP contribution is 2.44. The Hall–Kier alpha value is -3.39. The van der Waals surface area contributed by atoms with Gasteiger partial charge in [0, 0.05) is 43.9 Å². The van der Waals surface area contributed by atoms with Crippen LogP contribution in [0.15, 0.2) is 48.5 Å². The molecule has 1 fully saturated rings. The monoisotopic (exact) mass is 466 g/mol. The zero-order valence-electron chi connectivity index (χ0n) is 19.0. The summed E-state index contributed by atoms with van der Waals surface area (Å²) in [5, 5.41) is 14.4. The van der Waals surface area contributed by atoms with E-state index < -0.39 is 12.1 Å². The molecule has 1 saturated heterocycles. The van der Waals surface area contributed by atoms with E-state index in [9.17, 15) is 14.4 Å². The van der Waals surface area contributed by atoms with Crippen molar-refractivity contribution in [3.8, 4) is 11.1 Å². The van der Waals surface area contributed by atoms with Crippen molar-refractivity contribution in [3.05, 3.63) is 59.7 Å². The summed E-state index contributed by atoms with van der Waals surface area (Å²) in [6.45, 7) is 1.42. The van der Waals surface area contributed by atoms with Gasteiger partial charge >= 0.3 is 12.1 Å². The number of fused-ring (bicyclic) bond motifs is 3. The van der Waals surface area contributed by atoms with Gasteiger partial charge in [-0.1, -0.05) is 48.5 Å². The van der Waals surface area contributed by atoms with Crippen LogP contribution in [0.25, 0.3) is 11.1 Å². The maximum atomic E-state index is 12.7. The third-order valence-corrected chi connectivity index (χ3v) is 6.46. The molecule has 0 spiro atoms. The number of ether oxygens (including phenoxy) is 2. The summed E-state index contributed by atoms with van der Waals surface area (Å²) in [6, 6.07) is 16.1. The summed E-state index contributed by atoms with van der Waals surface area (Å²) in [5.74, 6) is -1.25. The molecule has 2 atom stereocenters. The summed E-state index contributed by atoms with van der Waals surface area (Å²) in [5.41, 5.74) is 4.65. The fourth-order valence-electron chi connectivity index (χ4n) is 4.76. The highest BCUT2D eigenvalue weighted by molar-refractivity contribution is 5.79. The SMILES string of the molecule is O=C(O)CCCNC(=O)CC1COCCC1NC(=O)OCC1c2ccccc2-c2ccccc21. The molecule has 1 aliphatic heterocycles. The van der Waals surface area contributed by atoms with Crippen LogP contribution in [-0.2, 0) is 19.1 Å². The van der Waals surface area contributed by atoms with Gasteiger partial charge in [-0.2, -0.15) is 0 Å². The molecule has 8 nitrogen and oxygen atoms in total. The maximum Gasteiger partial charge on any atom is 0.407 e. The molecule has 8 heteroatoms. The fourth-order valence-corrected chi connectivity index (χ4v) is 4.76. The summed E-state index contributed by atoms with van der Waals surface area (Å²) in [4.78, 5) is 35.5. The molecule has 2 aromatic carbocycles. The predicted octanol–water partition coefficient (Wildman–Crippen LogP) is 3.30. The van der Waals surface area contributed by atoms with E-state index in [4.69, 9.17) is 14.6 Å². The molecule has 3 N–H and O–H groups in total. The Morgan fingerprint density at radius 1 is 1.03 bits per heavy atom. The smallest absolute Gasteiger partial charge is 0.407 e. The highest BCUT2D eigenvalue weighted by atomic mass is 16.5. The largest absolute Gasteiger partial charge is 0.481 e. The van der Waals surface area contributed by atoms with Crippen LogP contribution in [0.1, 0.15) is 42.7 Å². The number of carbonyl (C=O) groups excluding carboxylic acids is 2. The minimum absolute atomic E-state index is 0.0127. The Bertz CT molecular complexity index is 994. The van der Waals surface area contributed by atoms with Gasteiger partial charge in [0.2, 0.25) is 5.91 Å². The number of aliphatic carboxylic acids is 1. The van der Waals surface area contributed by atoms with Crippen molar-refractivity contribution in [2.45, 2.75) is 37.6 Å².